The van der Waals surface area contributed by atoms with Crippen molar-refractivity contribution in [3.8, 4) is 22.9 Å². The van der Waals surface area contributed by atoms with Crippen LogP contribution >= 0.6 is 0 Å². The second-order valence-corrected chi connectivity index (χ2v) is 14.6. The van der Waals surface area contributed by atoms with Crippen molar-refractivity contribution < 1.29 is 37.3 Å². The first-order valence-electron chi connectivity index (χ1n) is 17.2. The van der Waals surface area contributed by atoms with Gasteiger partial charge >= 0.3 is 12.1 Å². The van der Waals surface area contributed by atoms with Crippen LogP contribution in [0.15, 0.2) is 36.4 Å². The molecule has 2 atom stereocenters. The summed E-state index contributed by atoms with van der Waals surface area (Å²) in [7, 11) is 1.51. The molecule has 3 heterocycles. The predicted octanol–water partition coefficient (Wildman–Crippen LogP) is 7.22. The van der Waals surface area contributed by atoms with Crippen molar-refractivity contribution in [3.05, 3.63) is 53.6 Å². The topological polar surface area (TPSA) is 103 Å². The highest BCUT2D eigenvalue weighted by molar-refractivity contribution is 6.03. The second-order valence-electron chi connectivity index (χ2n) is 14.6. The Morgan fingerprint density at radius 3 is 2.40 bits per heavy atom. The molecule has 0 spiro atoms. The van der Waals surface area contributed by atoms with E-state index in [2.05, 4.69) is 9.88 Å². The highest BCUT2D eigenvalue weighted by atomic mass is 19.1. The molecule has 3 aliphatic rings. The summed E-state index contributed by atoms with van der Waals surface area (Å²) in [4.78, 5) is 38.2. The normalized spacial score (nSPS) is 19.6. The van der Waals surface area contributed by atoms with Crippen LogP contribution in [0.3, 0.4) is 0 Å². The molecule has 1 aromatic heterocycles. The molecule has 1 saturated carbocycles. The summed E-state index contributed by atoms with van der Waals surface area (Å²) in [6.07, 6.45) is 3.97. The van der Waals surface area contributed by atoms with Gasteiger partial charge in [-0.2, -0.15) is 9.97 Å². The quantitative estimate of drug-likeness (QED) is 0.126. The van der Waals surface area contributed by atoms with Gasteiger partial charge in [-0.1, -0.05) is 19.1 Å². The van der Waals surface area contributed by atoms with E-state index in [1.54, 1.807) is 30.3 Å². The third-order valence-electron chi connectivity index (χ3n) is 9.91. The lowest BCUT2D eigenvalue weighted by atomic mass is 9.92. The summed E-state index contributed by atoms with van der Waals surface area (Å²) in [5.74, 6) is -0.0802. The number of ether oxygens (including phenoxy) is 4. The van der Waals surface area contributed by atoms with Crippen LogP contribution in [0.2, 0.25) is 0 Å². The van der Waals surface area contributed by atoms with Crippen molar-refractivity contribution in [1.29, 1.82) is 0 Å². The van der Waals surface area contributed by atoms with Crippen LogP contribution in [0.4, 0.5) is 19.4 Å². The zero-order valence-corrected chi connectivity index (χ0v) is 29.1. The number of nitrogens with zero attached hydrogens (tertiary/aromatic N) is 4. The lowest BCUT2D eigenvalue weighted by molar-refractivity contribution is -0.113. The lowest BCUT2D eigenvalue weighted by Crippen LogP contribution is -2.57. The highest BCUT2D eigenvalue weighted by Crippen LogP contribution is 2.45. The maximum absolute atomic E-state index is 17.1. The van der Waals surface area contributed by atoms with Crippen LogP contribution in [0, 0.1) is 17.0 Å². The third kappa shape index (κ3) is 6.29. The molecule has 1 amide bonds. The monoisotopic (exact) mass is 688 g/mol. The van der Waals surface area contributed by atoms with Gasteiger partial charge < -0.3 is 28.6 Å². The Morgan fingerprint density at radius 1 is 1.02 bits per heavy atom. The molecular formula is C38H42F2N4O6. The Balaban J connectivity index is 1.34. The first-order valence-corrected chi connectivity index (χ1v) is 17.2. The molecule has 1 aliphatic carbocycles. The number of amides is 1. The highest BCUT2D eigenvalue weighted by Gasteiger charge is 2.46. The van der Waals surface area contributed by atoms with E-state index in [0.29, 0.717) is 71.2 Å². The SMILES string of the molecule is CCc1c(F)ccc2cc(OCOC)cc(-c3ccc4c(N5CC6CCC(C5)N6C(=O)OC(C)(C)C)nc(OCC5(C=O)CC5)nc4c3F)c12. The minimum atomic E-state index is -0.626. The first kappa shape index (κ1) is 33.9. The molecule has 3 aromatic carbocycles. The fraction of sp³-hybridized carbons (Fsp3) is 0.474. The van der Waals surface area contributed by atoms with Crippen molar-refractivity contribution in [2.24, 2.45) is 5.41 Å². The van der Waals surface area contributed by atoms with Crippen LogP contribution < -0.4 is 14.4 Å². The van der Waals surface area contributed by atoms with Gasteiger partial charge in [0.1, 0.15) is 41.4 Å². The van der Waals surface area contributed by atoms with Crippen molar-refractivity contribution in [2.45, 2.75) is 77.5 Å². The molecular weight excluding hydrogens is 646 g/mol. The Morgan fingerprint density at radius 2 is 1.76 bits per heavy atom. The Kier molecular flexibility index (Phi) is 8.78. The number of hydrogen-bond acceptors (Lipinski definition) is 9. The van der Waals surface area contributed by atoms with Crippen molar-refractivity contribution in [1.82, 2.24) is 14.9 Å². The number of halogens is 2. The van der Waals surface area contributed by atoms with Crippen LogP contribution in [0.5, 0.6) is 11.8 Å². The van der Waals surface area contributed by atoms with E-state index in [1.807, 2.05) is 32.6 Å². The first-order chi connectivity index (χ1) is 23.9. The molecule has 50 heavy (non-hydrogen) atoms. The van der Waals surface area contributed by atoms with Gasteiger partial charge in [0.05, 0.1) is 17.5 Å². The number of methoxy groups -OCH3 is 1. The Hall–Kier alpha value is -4.58. The standard InChI is InChI=1S/C38H42F2N4O6/c1-6-26-30(39)12-7-22-15-25(49-21-47-5)16-29(31(22)26)27-10-11-28-33(32(27)40)41-35(48-20-38(19-45)13-14-38)42-34(28)43-17-23-8-9-24(18-43)44(23)36(46)50-37(2,3)4/h7,10-12,15-16,19,23-24H,6,8-9,13-14,17-18,20-21H2,1-5H3. The van der Waals surface area contributed by atoms with Crippen LogP contribution in [0.1, 0.15) is 58.9 Å². The van der Waals surface area contributed by atoms with Crippen LogP contribution in [0.25, 0.3) is 32.8 Å². The molecule has 2 bridgehead atoms. The Bertz CT molecular complexity index is 1960. The van der Waals surface area contributed by atoms with Gasteiger partial charge in [0.15, 0.2) is 12.6 Å². The maximum Gasteiger partial charge on any atom is 0.410 e. The van der Waals surface area contributed by atoms with E-state index in [1.165, 1.54) is 13.2 Å². The fourth-order valence-corrected chi connectivity index (χ4v) is 7.25. The van der Waals surface area contributed by atoms with Crippen LogP contribution in [-0.2, 0) is 20.7 Å². The van der Waals surface area contributed by atoms with Gasteiger partial charge in [-0.25, -0.2) is 13.6 Å². The van der Waals surface area contributed by atoms with Crippen molar-refractivity contribution >= 4 is 39.9 Å². The number of aromatic nitrogens is 2. The number of rotatable bonds is 10. The summed E-state index contributed by atoms with van der Waals surface area (Å²) < 4.78 is 54.9. The van der Waals surface area contributed by atoms with Crippen LogP contribution in [-0.4, -0.2) is 78.5 Å². The molecule has 0 N–H and O–H groups in total. The largest absolute Gasteiger partial charge is 0.468 e. The van der Waals surface area contributed by atoms with Gasteiger partial charge in [-0.15, -0.1) is 0 Å². The zero-order valence-electron chi connectivity index (χ0n) is 29.1. The number of carbonyl (C=O) groups is 2. The average molecular weight is 689 g/mol. The van der Waals surface area contributed by atoms with Gasteiger partial charge in [0.2, 0.25) is 0 Å². The number of benzene rings is 3. The van der Waals surface area contributed by atoms with E-state index in [-0.39, 0.29) is 54.5 Å². The number of anilines is 1. The summed E-state index contributed by atoms with van der Waals surface area (Å²) in [6.45, 7) is 8.40. The molecule has 264 valence electrons. The van der Waals surface area contributed by atoms with Gasteiger partial charge in [0.25, 0.3) is 0 Å². The third-order valence-corrected chi connectivity index (χ3v) is 9.91. The van der Waals surface area contributed by atoms with E-state index in [4.69, 9.17) is 23.9 Å². The Labute approximate surface area is 289 Å². The summed E-state index contributed by atoms with van der Waals surface area (Å²) >= 11 is 0. The van der Waals surface area contributed by atoms with Gasteiger partial charge in [-0.05, 0) is 99.0 Å². The van der Waals surface area contributed by atoms with E-state index in [9.17, 15) is 9.59 Å². The number of piperazine rings is 1. The van der Waals surface area contributed by atoms with Gasteiger partial charge in [-0.3, -0.25) is 4.90 Å². The second kappa shape index (κ2) is 12.9. The molecule has 2 aliphatic heterocycles. The number of carbonyl (C=O) groups excluding carboxylic acids is 2. The molecule has 2 saturated heterocycles. The number of aryl methyl sites for hydroxylation is 1. The molecule has 4 aromatic rings. The number of fused-ring (bicyclic) bond motifs is 4. The molecule has 12 heteroatoms. The van der Waals surface area contributed by atoms with Crippen molar-refractivity contribution in [3.63, 3.8) is 0 Å². The molecule has 0 radical (unpaired) electrons. The smallest absolute Gasteiger partial charge is 0.410 e. The van der Waals surface area contributed by atoms with Crippen molar-refractivity contribution in [2.75, 3.05) is 38.5 Å². The van der Waals surface area contributed by atoms with E-state index in [0.717, 1.165) is 19.1 Å². The summed E-state index contributed by atoms with van der Waals surface area (Å²) in [5, 5.41) is 1.75. The minimum absolute atomic E-state index is 0.0181. The maximum atomic E-state index is 17.1. The number of hydrogen-bond donors (Lipinski definition) is 0. The van der Waals surface area contributed by atoms with E-state index >= 15 is 8.78 Å². The molecule has 2 unspecified atom stereocenters. The lowest BCUT2D eigenvalue weighted by Gasteiger charge is -2.42. The molecule has 3 fully saturated rings. The van der Waals surface area contributed by atoms with Gasteiger partial charge in [0, 0.05) is 31.1 Å². The predicted molar refractivity (Wildman–Crippen MR) is 185 cm³/mol. The summed E-state index contributed by atoms with van der Waals surface area (Å²) in [6, 6.07) is 9.72. The van der Waals surface area contributed by atoms with E-state index < -0.39 is 16.8 Å². The molecule has 7 rings (SSSR count). The molecule has 10 nitrogen and oxygen atoms in total. The fourth-order valence-electron chi connectivity index (χ4n) is 7.25. The summed E-state index contributed by atoms with van der Waals surface area (Å²) in [5.41, 5.74) is -0.0467. The average Bonchev–Trinajstić information content (AvgIpc) is 3.82. The number of aldehydes is 1. The minimum Gasteiger partial charge on any atom is -0.468 e. The zero-order chi connectivity index (χ0) is 35.4.